The summed E-state index contributed by atoms with van der Waals surface area (Å²) >= 11 is 3.75. The van der Waals surface area contributed by atoms with Gasteiger partial charge in [-0.15, -0.1) is 11.8 Å². The Morgan fingerprint density at radius 2 is 2.19 bits per heavy atom. The molecular weight excluding hydrogens is 240 g/mol. The number of nitrogens with one attached hydrogen (secondary N) is 1. The maximum atomic E-state index is 12.4. The van der Waals surface area contributed by atoms with Crippen molar-refractivity contribution in [3.63, 3.8) is 0 Å². The molecule has 0 bridgehead atoms. The highest BCUT2D eigenvalue weighted by Gasteiger charge is 2.33. The number of hydrogen-bond acceptors (Lipinski definition) is 4. The van der Waals surface area contributed by atoms with E-state index in [1.54, 1.807) is 0 Å². The normalized spacial score (nSPS) is 36.1. The number of carbonyl (C=O) groups is 1. The molecule has 3 atom stereocenters. The maximum Gasteiger partial charge on any atom is 0.236 e. The maximum absolute atomic E-state index is 12.4. The molecule has 0 saturated carbocycles. The molecule has 3 nitrogen and oxygen atoms in total. The molecule has 1 amide bonds. The van der Waals surface area contributed by atoms with Gasteiger partial charge in [0.2, 0.25) is 5.91 Å². The van der Waals surface area contributed by atoms with E-state index in [-0.39, 0.29) is 5.25 Å². The van der Waals surface area contributed by atoms with Crippen molar-refractivity contribution >= 4 is 29.4 Å². The lowest BCUT2D eigenvalue weighted by atomic mass is 10.1. The van der Waals surface area contributed by atoms with Crippen LogP contribution in [0.1, 0.15) is 13.8 Å². The number of thioether (sulfide) groups is 2. The van der Waals surface area contributed by atoms with E-state index >= 15 is 0 Å². The van der Waals surface area contributed by atoms with E-state index in [4.69, 9.17) is 0 Å². The Balaban J connectivity index is 1.96. The minimum Gasteiger partial charge on any atom is -0.336 e. The number of amides is 1. The molecule has 92 valence electrons. The lowest BCUT2D eigenvalue weighted by molar-refractivity contribution is -0.133. The zero-order valence-corrected chi connectivity index (χ0v) is 11.6. The molecule has 2 fully saturated rings. The molecular formula is C11H20N2OS2. The molecule has 2 saturated heterocycles. The fraction of sp³-hybridized carbons (Fsp3) is 0.909. The van der Waals surface area contributed by atoms with Crippen LogP contribution in [0.5, 0.6) is 0 Å². The van der Waals surface area contributed by atoms with Crippen molar-refractivity contribution < 1.29 is 4.79 Å². The second kappa shape index (κ2) is 5.65. The van der Waals surface area contributed by atoms with Gasteiger partial charge in [-0.1, -0.05) is 0 Å². The number of carbonyl (C=O) groups excluding carboxylic acids is 1. The van der Waals surface area contributed by atoms with Gasteiger partial charge in [0.15, 0.2) is 0 Å². The first-order valence-corrected chi connectivity index (χ1v) is 8.13. The number of piperazine rings is 1. The molecule has 1 N–H and O–H groups in total. The Hall–Kier alpha value is 0.130. The van der Waals surface area contributed by atoms with Gasteiger partial charge in [0, 0.05) is 42.4 Å². The number of nitrogens with zero attached hydrogens (tertiary/aromatic N) is 1. The summed E-state index contributed by atoms with van der Waals surface area (Å²) in [6, 6.07) is 0.743. The summed E-state index contributed by atoms with van der Waals surface area (Å²) in [5.41, 5.74) is 0. The van der Waals surface area contributed by atoms with Gasteiger partial charge in [-0.25, -0.2) is 0 Å². The van der Waals surface area contributed by atoms with Crippen LogP contribution < -0.4 is 5.32 Å². The Kier molecular flexibility index (Phi) is 4.44. The third kappa shape index (κ3) is 2.68. The first-order valence-electron chi connectivity index (χ1n) is 5.93. The monoisotopic (exact) mass is 260 g/mol. The quantitative estimate of drug-likeness (QED) is 0.764. The van der Waals surface area contributed by atoms with Gasteiger partial charge in [0.05, 0.1) is 5.25 Å². The summed E-state index contributed by atoms with van der Waals surface area (Å²) in [6.45, 7) is 6.11. The SMILES string of the molecule is CC1NCCN(C(=O)C2CSCCS2)C1C. The molecule has 2 rings (SSSR count). The molecule has 0 spiro atoms. The number of hydrogen-bond donors (Lipinski definition) is 1. The summed E-state index contributed by atoms with van der Waals surface area (Å²) in [5.74, 6) is 3.67. The van der Waals surface area contributed by atoms with Gasteiger partial charge in [0.25, 0.3) is 0 Å². The van der Waals surface area contributed by atoms with Gasteiger partial charge in [0.1, 0.15) is 0 Å². The third-order valence-corrected chi connectivity index (χ3v) is 6.15. The first kappa shape index (κ1) is 12.6. The van der Waals surface area contributed by atoms with Gasteiger partial charge in [-0.3, -0.25) is 4.79 Å². The number of rotatable bonds is 1. The van der Waals surface area contributed by atoms with Crippen LogP contribution in [0.4, 0.5) is 0 Å². The molecule has 2 heterocycles. The zero-order valence-electron chi connectivity index (χ0n) is 9.94. The Morgan fingerprint density at radius 1 is 1.38 bits per heavy atom. The summed E-state index contributed by atoms with van der Waals surface area (Å²) < 4.78 is 0. The smallest absolute Gasteiger partial charge is 0.236 e. The lowest BCUT2D eigenvalue weighted by Gasteiger charge is -2.40. The van der Waals surface area contributed by atoms with E-state index in [9.17, 15) is 4.79 Å². The third-order valence-electron chi connectivity index (χ3n) is 3.41. The van der Waals surface area contributed by atoms with Crippen LogP contribution in [-0.2, 0) is 4.79 Å². The van der Waals surface area contributed by atoms with Crippen LogP contribution in [0.3, 0.4) is 0 Å². The Labute approximate surface area is 106 Å². The van der Waals surface area contributed by atoms with Crippen molar-refractivity contribution in [1.29, 1.82) is 0 Å². The molecule has 5 heteroatoms. The highest BCUT2D eigenvalue weighted by Crippen LogP contribution is 2.26. The van der Waals surface area contributed by atoms with Crippen LogP contribution in [0.15, 0.2) is 0 Å². The average molecular weight is 260 g/mol. The second-order valence-electron chi connectivity index (χ2n) is 4.45. The van der Waals surface area contributed by atoms with E-state index < -0.39 is 0 Å². The van der Waals surface area contributed by atoms with E-state index in [0.29, 0.717) is 18.0 Å². The summed E-state index contributed by atoms with van der Waals surface area (Å²) in [4.78, 5) is 14.4. The molecule has 2 aliphatic heterocycles. The van der Waals surface area contributed by atoms with Crippen molar-refractivity contribution in [3.8, 4) is 0 Å². The lowest BCUT2D eigenvalue weighted by Crippen LogP contribution is -2.59. The van der Waals surface area contributed by atoms with E-state index in [1.165, 1.54) is 5.75 Å². The van der Waals surface area contributed by atoms with Crippen LogP contribution in [0, 0.1) is 0 Å². The molecule has 0 aromatic carbocycles. The van der Waals surface area contributed by atoms with Crippen LogP contribution in [0.25, 0.3) is 0 Å². The van der Waals surface area contributed by atoms with Crippen molar-refractivity contribution in [2.45, 2.75) is 31.2 Å². The van der Waals surface area contributed by atoms with Gasteiger partial charge < -0.3 is 10.2 Å². The van der Waals surface area contributed by atoms with E-state index in [2.05, 4.69) is 24.1 Å². The van der Waals surface area contributed by atoms with Crippen LogP contribution in [0.2, 0.25) is 0 Å². The average Bonchev–Trinajstić information content (AvgIpc) is 2.33. The molecule has 16 heavy (non-hydrogen) atoms. The van der Waals surface area contributed by atoms with Gasteiger partial charge in [-0.2, -0.15) is 11.8 Å². The van der Waals surface area contributed by atoms with Gasteiger partial charge in [-0.05, 0) is 13.8 Å². The minimum atomic E-state index is 0.200. The highest BCUT2D eigenvalue weighted by molar-refractivity contribution is 8.07. The Bertz CT molecular complexity index is 256. The van der Waals surface area contributed by atoms with Gasteiger partial charge >= 0.3 is 0 Å². The van der Waals surface area contributed by atoms with E-state index in [0.717, 1.165) is 24.6 Å². The summed E-state index contributed by atoms with van der Waals surface area (Å²) in [6.07, 6.45) is 0. The molecule has 2 aliphatic rings. The highest BCUT2D eigenvalue weighted by atomic mass is 32.2. The minimum absolute atomic E-state index is 0.200. The molecule has 0 radical (unpaired) electrons. The molecule has 0 aromatic heterocycles. The topological polar surface area (TPSA) is 32.3 Å². The van der Waals surface area contributed by atoms with Crippen molar-refractivity contribution in [1.82, 2.24) is 10.2 Å². The zero-order chi connectivity index (χ0) is 11.5. The van der Waals surface area contributed by atoms with Crippen molar-refractivity contribution in [3.05, 3.63) is 0 Å². The molecule has 3 unspecified atom stereocenters. The fourth-order valence-electron chi connectivity index (χ4n) is 2.18. The first-order chi connectivity index (χ1) is 7.70. The summed E-state index contributed by atoms with van der Waals surface area (Å²) in [5, 5.41) is 3.61. The second-order valence-corrected chi connectivity index (χ2v) is 6.91. The predicted molar refractivity (Wildman–Crippen MR) is 72.2 cm³/mol. The van der Waals surface area contributed by atoms with Crippen molar-refractivity contribution in [2.24, 2.45) is 0 Å². The standard InChI is InChI=1S/C11H20N2OS2/c1-8-9(2)13(4-3-12-8)11(14)10-7-15-5-6-16-10/h8-10,12H,3-7H2,1-2H3. The Morgan fingerprint density at radius 3 is 2.88 bits per heavy atom. The molecule has 0 aliphatic carbocycles. The van der Waals surface area contributed by atoms with E-state index in [1.807, 2.05) is 23.5 Å². The summed E-state index contributed by atoms with van der Waals surface area (Å²) in [7, 11) is 0. The molecule has 0 aromatic rings. The van der Waals surface area contributed by atoms with Crippen molar-refractivity contribution in [2.75, 3.05) is 30.3 Å². The largest absolute Gasteiger partial charge is 0.336 e. The van der Waals surface area contributed by atoms with Crippen LogP contribution >= 0.6 is 23.5 Å². The van der Waals surface area contributed by atoms with Crippen LogP contribution in [-0.4, -0.2) is 58.5 Å². The predicted octanol–water partition coefficient (Wildman–Crippen LogP) is 1.04. The fourth-order valence-corrected chi connectivity index (χ4v) is 4.80.